The van der Waals surface area contributed by atoms with Gasteiger partial charge in [-0.05, 0) is 36.4 Å². The molecule has 0 aliphatic carbocycles. The SMILES string of the molecule is O=C(COC(=O)c1ccccc1NCc1ccco1)c1ccccc1Cl. The number of hydrogen-bond acceptors (Lipinski definition) is 5. The molecule has 0 saturated carbocycles. The summed E-state index contributed by atoms with van der Waals surface area (Å²) in [4.78, 5) is 24.6. The van der Waals surface area contributed by atoms with E-state index in [4.69, 9.17) is 20.8 Å². The molecule has 0 saturated heterocycles. The number of halogens is 1. The number of ketones is 1. The molecule has 0 fully saturated rings. The lowest BCUT2D eigenvalue weighted by Crippen LogP contribution is -2.16. The van der Waals surface area contributed by atoms with E-state index in [1.807, 2.05) is 6.07 Å². The number of benzene rings is 2. The summed E-state index contributed by atoms with van der Waals surface area (Å²) in [5.74, 6) is -0.208. The maximum atomic E-state index is 12.4. The Kier molecular flexibility index (Phi) is 5.71. The Hall–Kier alpha value is -3.05. The Morgan fingerprint density at radius 2 is 1.69 bits per heavy atom. The second kappa shape index (κ2) is 8.36. The zero-order chi connectivity index (χ0) is 18.4. The van der Waals surface area contributed by atoms with Gasteiger partial charge in [0.1, 0.15) is 5.76 Å². The highest BCUT2D eigenvalue weighted by atomic mass is 35.5. The van der Waals surface area contributed by atoms with E-state index >= 15 is 0 Å². The van der Waals surface area contributed by atoms with Crippen molar-refractivity contribution in [3.05, 3.63) is 88.8 Å². The molecule has 26 heavy (non-hydrogen) atoms. The van der Waals surface area contributed by atoms with Crippen molar-refractivity contribution in [3.63, 3.8) is 0 Å². The van der Waals surface area contributed by atoms with Crippen LogP contribution in [-0.2, 0) is 11.3 Å². The number of carbonyl (C=O) groups is 2. The minimum absolute atomic E-state index is 0.325. The summed E-state index contributed by atoms with van der Waals surface area (Å²) in [6, 6.07) is 17.2. The summed E-state index contributed by atoms with van der Waals surface area (Å²) in [7, 11) is 0. The highest BCUT2D eigenvalue weighted by Crippen LogP contribution is 2.19. The van der Waals surface area contributed by atoms with E-state index in [1.54, 1.807) is 60.9 Å². The van der Waals surface area contributed by atoms with E-state index in [2.05, 4.69) is 5.32 Å². The van der Waals surface area contributed by atoms with Crippen LogP contribution in [0.2, 0.25) is 5.02 Å². The van der Waals surface area contributed by atoms with Crippen molar-refractivity contribution in [2.75, 3.05) is 11.9 Å². The molecule has 0 spiro atoms. The third-order valence-electron chi connectivity index (χ3n) is 3.69. The lowest BCUT2D eigenvalue weighted by Gasteiger charge is -2.11. The number of esters is 1. The first-order valence-corrected chi connectivity index (χ1v) is 8.33. The van der Waals surface area contributed by atoms with Crippen LogP contribution in [0.15, 0.2) is 71.3 Å². The van der Waals surface area contributed by atoms with Crippen molar-refractivity contribution < 1.29 is 18.7 Å². The average Bonchev–Trinajstić information content (AvgIpc) is 3.18. The normalized spacial score (nSPS) is 10.3. The van der Waals surface area contributed by atoms with Crippen LogP contribution in [0.1, 0.15) is 26.5 Å². The van der Waals surface area contributed by atoms with Crippen molar-refractivity contribution >= 4 is 29.0 Å². The molecule has 1 aromatic heterocycles. The van der Waals surface area contributed by atoms with Gasteiger partial charge in [0.05, 0.1) is 23.4 Å². The molecular weight excluding hydrogens is 354 g/mol. The summed E-state index contributed by atoms with van der Waals surface area (Å²) in [5.41, 5.74) is 1.26. The molecule has 1 N–H and O–H groups in total. The average molecular weight is 370 g/mol. The monoisotopic (exact) mass is 369 g/mol. The molecule has 0 radical (unpaired) electrons. The van der Waals surface area contributed by atoms with Gasteiger partial charge in [0, 0.05) is 11.3 Å². The Labute approximate surface area is 155 Å². The summed E-state index contributed by atoms with van der Waals surface area (Å²) >= 11 is 5.99. The lowest BCUT2D eigenvalue weighted by atomic mass is 10.1. The second-order valence-corrected chi connectivity index (χ2v) is 5.86. The number of nitrogens with one attached hydrogen (secondary N) is 1. The fraction of sp³-hybridized carbons (Fsp3) is 0.100. The molecular formula is C20H16ClNO4. The van der Waals surface area contributed by atoms with Gasteiger partial charge in [0.25, 0.3) is 0 Å². The van der Waals surface area contributed by atoms with E-state index in [1.165, 1.54) is 0 Å². The number of rotatable bonds is 7. The highest BCUT2D eigenvalue weighted by Gasteiger charge is 2.16. The first-order valence-electron chi connectivity index (χ1n) is 7.95. The molecule has 1 heterocycles. The molecule has 0 unspecified atom stereocenters. The second-order valence-electron chi connectivity index (χ2n) is 5.46. The van der Waals surface area contributed by atoms with Crippen molar-refractivity contribution in [3.8, 4) is 0 Å². The van der Waals surface area contributed by atoms with Crippen molar-refractivity contribution in [1.82, 2.24) is 0 Å². The maximum absolute atomic E-state index is 12.4. The first kappa shape index (κ1) is 17.8. The number of Topliss-reactive ketones (excluding diaryl/α,β-unsaturated/α-hetero) is 1. The van der Waals surface area contributed by atoms with Gasteiger partial charge in [-0.1, -0.05) is 35.9 Å². The topological polar surface area (TPSA) is 68.5 Å². The van der Waals surface area contributed by atoms with Gasteiger partial charge in [-0.3, -0.25) is 4.79 Å². The molecule has 2 aromatic carbocycles. The number of hydrogen-bond donors (Lipinski definition) is 1. The smallest absolute Gasteiger partial charge is 0.340 e. The van der Waals surface area contributed by atoms with Crippen molar-refractivity contribution in [1.29, 1.82) is 0 Å². The van der Waals surface area contributed by atoms with Gasteiger partial charge in [0.2, 0.25) is 5.78 Å². The summed E-state index contributed by atoms with van der Waals surface area (Å²) in [5, 5.41) is 3.45. The van der Waals surface area contributed by atoms with Gasteiger partial charge in [-0.25, -0.2) is 4.79 Å². The minimum Gasteiger partial charge on any atom is -0.467 e. The fourth-order valence-corrected chi connectivity index (χ4v) is 2.63. The summed E-state index contributed by atoms with van der Waals surface area (Å²) < 4.78 is 10.4. The lowest BCUT2D eigenvalue weighted by molar-refractivity contribution is 0.0475. The molecule has 3 rings (SSSR count). The van der Waals surface area contributed by atoms with Crippen LogP contribution in [-0.4, -0.2) is 18.4 Å². The van der Waals surface area contributed by atoms with Crippen LogP contribution >= 0.6 is 11.6 Å². The molecule has 132 valence electrons. The van der Waals surface area contributed by atoms with Gasteiger partial charge < -0.3 is 14.5 Å². The van der Waals surface area contributed by atoms with Crippen LogP contribution in [0, 0.1) is 0 Å². The quantitative estimate of drug-likeness (QED) is 0.487. The molecule has 0 aliphatic heterocycles. The van der Waals surface area contributed by atoms with Crippen LogP contribution in [0.5, 0.6) is 0 Å². The molecule has 6 heteroatoms. The van der Waals surface area contributed by atoms with Crippen LogP contribution < -0.4 is 5.32 Å². The summed E-state index contributed by atoms with van der Waals surface area (Å²) in [6.45, 7) is 0.0466. The predicted molar refractivity (Wildman–Crippen MR) is 98.5 cm³/mol. The number of ether oxygens (including phenoxy) is 1. The Morgan fingerprint density at radius 3 is 2.42 bits per heavy atom. The zero-order valence-corrected chi connectivity index (χ0v) is 14.5. The summed E-state index contributed by atoms with van der Waals surface area (Å²) in [6.07, 6.45) is 1.58. The Morgan fingerprint density at radius 1 is 0.962 bits per heavy atom. The van der Waals surface area contributed by atoms with E-state index in [9.17, 15) is 9.59 Å². The number of furan rings is 1. The standard InChI is InChI=1S/C20H16ClNO4/c21-17-9-3-1-7-15(17)19(23)13-26-20(24)16-8-2-4-10-18(16)22-12-14-6-5-11-25-14/h1-11,22H,12-13H2. The van der Waals surface area contributed by atoms with Crippen molar-refractivity contribution in [2.24, 2.45) is 0 Å². The third kappa shape index (κ3) is 4.32. The number of carbonyl (C=O) groups excluding carboxylic acids is 2. The van der Waals surface area contributed by atoms with Crippen molar-refractivity contribution in [2.45, 2.75) is 6.54 Å². The molecule has 0 bridgehead atoms. The largest absolute Gasteiger partial charge is 0.467 e. The molecule has 5 nitrogen and oxygen atoms in total. The Balaban J connectivity index is 1.64. The van der Waals surface area contributed by atoms with Gasteiger partial charge >= 0.3 is 5.97 Å². The molecule has 3 aromatic rings. The van der Waals surface area contributed by atoms with E-state index in [0.29, 0.717) is 28.4 Å². The van der Waals surface area contributed by atoms with E-state index in [-0.39, 0.29) is 12.4 Å². The van der Waals surface area contributed by atoms with E-state index < -0.39 is 5.97 Å². The Bertz CT molecular complexity index is 906. The van der Waals surface area contributed by atoms with Gasteiger partial charge in [-0.2, -0.15) is 0 Å². The maximum Gasteiger partial charge on any atom is 0.340 e. The van der Waals surface area contributed by atoms with Crippen LogP contribution in [0.4, 0.5) is 5.69 Å². The first-order chi connectivity index (χ1) is 12.6. The molecule has 0 atom stereocenters. The van der Waals surface area contributed by atoms with E-state index in [0.717, 1.165) is 5.76 Å². The van der Waals surface area contributed by atoms with Gasteiger partial charge in [-0.15, -0.1) is 0 Å². The number of anilines is 1. The molecule has 0 aliphatic rings. The third-order valence-corrected chi connectivity index (χ3v) is 4.02. The fourth-order valence-electron chi connectivity index (χ4n) is 2.38. The molecule has 0 amide bonds. The highest BCUT2D eigenvalue weighted by molar-refractivity contribution is 6.34. The predicted octanol–water partition coefficient (Wildman–Crippen LogP) is 4.58. The van der Waals surface area contributed by atoms with Crippen LogP contribution in [0.25, 0.3) is 0 Å². The van der Waals surface area contributed by atoms with Gasteiger partial charge in [0.15, 0.2) is 6.61 Å². The number of para-hydroxylation sites is 1. The van der Waals surface area contributed by atoms with Crippen LogP contribution in [0.3, 0.4) is 0 Å². The minimum atomic E-state index is -0.590. The zero-order valence-electron chi connectivity index (χ0n) is 13.8.